The van der Waals surface area contributed by atoms with Gasteiger partial charge in [-0.05, 0) is 24.1 Å². The summed E-state index contributed by atoms with van der Waals surface area (Å²) in [6.07, 6.45) is 2.21. The van der Waals surface area contributed by atoms with Gasteiger partial charge in [-0.1, -0.05) is 6.92 Å². The summed E-state index contributed by atoms with van der Waals surface area (Å²) in [4.78, 5) is 3.65. The number of sulfonamides is 1. The maximum Gasteiger partial charge on any atom is 0.255 e. The topological polar surface area (TPSA) is 73.0 Å². The molecule has 0 aromatic carbocycles. The second-order valence-electron chi connectivity index (χ2n) is 2.40. The molecular formula is C7H10N2O2S. The monoisotopic (exact) mass is 186 g/mol. The Bertz CT molecular complexity index is 373. The van der Waals surface area contributed by atoms with Crippen molar-refractivity contribution >= 4 is 10.0 Å². The molecular weight excluding hydrogens is 176 g/mol. The number of nitrogens with two attached hydrogens (primary N) is 1. The van der Waals surface area contributed by atoms with Crippen molar-refractivity contribution in [1.29, 1.82) is 0 Å². The first kappa shape index (κ1) is 9.15. The molecule has 0 bridgehead atoms. The van der Waals surface area contributed by atoms with Crippen LogP contribution in [0.2, 0.25) is 0 Å². The summed E-state index contributed by atoms with van der Waals surface area (Å²) in [6.45, 7) is 1.93. The third kappa shape index (κ3) is 2.02. The molecule has 4 nitrogen and oxygen atoms in total. The molecule has 1 rings (SSSR count). The predicted octanol–water partition coefficient (Wildman–Crippen LogP) is 0.291. The molecule has 0 atom stereocenters. The molecule has 1 aromatic rings. The van der Waals surface area contributed by atoms with Crippen LogP contribution in [0.15, 0.2) is 23.4 Å². The molecule has 0 spiro atoms. The maximum atomic E-state index is 10.8. The largest absolute Gasteiger partial charge is 0.255 e. The highest BCUT2D eigenvalue weighted by molar-refractivity contribution is 7.89. The molecule has 0 saturated carbocycles. The van der Waals surface area contributed by atoms with Gasteiger partial charge in [-0.15, -0.1) is 0 Å². The number of nitrogens with zero attached hydrogens (tertiary/aromatic N) is 1. The van der Waals surface area contributed by atoms with Crippen LogP contribution in [0.4, 0.5) is 0 Å². The van der Waals surface area contributed by atoms with Gasteiger partial charge >= 0.3 is 0 Å². The summed E-state index contributed by atoms with van der Waals surface area (Å²) < 4.78 is 21.6. The number of aromatic nitrogens is 1. The average molecular weight is 186 g/mol. The molecule has 0 fully saturated rings. The van der Waals surface area contributed by atoms with Gasteiger partial charge in [0, 0.05) is 6.20 Å². The van der Waals surface area contributed by atoms with Crippen molar-refractivity contribution in [1.82, 2.24) is 4.98 Å². The van der Waals surface area contributed by atoms with Gasteiger partial charge in [-0.25, -0.2) is 18.5 Å². The first-order chi connectivity index (χ1) is 5.54. The maximum absolute atomic E-state index is 10.8. The smallest absolute Gasteiger partial charge is 0.243 e. The van der Waals surface area contributed by atoms with Crippen LogP contribution in [0.5, 0.6) is 0 Å². The highest BCUT2D eigenvalue weighted by atomic mass is 32.2. The van der Waals surface area contributed by atoms with Crippen molar-refractivity contribution in [3.63, 3.8) is 0 Å². The Hall–Kier alpha value is -0.940. The second-order valence-corrected chi connectivity index (χ2v) is 3.91. The van der Waals surface area contributed by atoms with E-state index in [1.807, 2.05) is 6.92 Å². The van der Waals surface area contributed by atoms with Crippen molar-refractivity contribution < 1.29 is 8.42 Å². The summed E-state index contributed by atoms with van der Waals surface area (Å²) in [5, 5.41) is 4.82. The Morgan fingerprint density at radius 2 is 2.25 bits per heavy atom. The standard InChI is InChI=1S/C7H10N2O2S/c1-2-6-3-4-9-7(5-6)12(8,10)11/h3-5H,2H2,1H3,(H2,8,10,11). The molecule has 0 saturated heterocycles. The van der Waals surface area contributed by atoms with Gasteiger partial charge in [0.15, 0.2) is 5.03 Å². The highest BCUT2D eigenvalue weighted by Crippen LogP contribution is 2.05. The number of hydrogen-bond donors (Lipinski definition) is 1. The van der Waals surface area contributed by atoms with E-state index in [1.165, 1.54) is 12.3 Å². The Morgan fingerprint density at radius 3 is 2.75 bits per heavy atom. The van der Waals surface area contributed by atoms with Crippen LogP contribution in [0, 0.1) is 0 Å². The number of primary sulfonamides is 1. The van der Waals surface area contributed by atoms with Crippen LogP contribution in [-0.2, 0) is 16.4 Å². The van der Waals surface area contributed by atoms with Gasteiger partial charge in [0.25, 0.3) is 10.0 Å². The van der Waals surface area contributed by atoms with Crippen LogP contribution < -0.4 is 5.14 Å². The van der Waals surface area contributed by atoms with Crippen molar-refractivity contribution in [3.8, 4) is 0 Å². The van der Waals surface area contributed by atoms with Crippen molar-refractivity contribution in [2.75, 3.05) is 0 Å². The number of pyridine rings is 1. The zero-order valence-corrected chi connectivity index (χ0v) is 7.50. The van der Waals surface area contributed by atoms with Crippen molar-refractivity contribution in [3.05, 3.63) is 23.9 Å². The van der Waals surface area contributed by atoms with Gasteiger partial charge in [-0.3, -0.25) is 0 Å². The highest BCUT2D eigenvalue weighted by Gasteiger charge is 2.08. The van der Waals surface area contributed by atoms with E-state index in [2.05, 4.69) is 4.98 Å². The van der Waals surface area contributed by atoms with E-state index >= 15 is 0 Å². The molecule has 0 aliphatic rings. The van der Waals surface area contributed by atoms with E-state index < -0.39 is 10.0 Å². The average Bonchev–Trinajstić information content (AvgIpc) is 2.03. The molecule has 0 radical (unpaired) electrons. The fourth-order valence-electron chi connectivity index (χ4n) is 0.826. The first-order valence-corrected chi connectivity index (χ1v) is 5.06. The summed E-state index contributed by atoms with van der Waals surface area (Å²) in [6, 6.07) is 3.24. The van der Waals surface area contributed by atoms with E-state index in [0.29, 0.717) is 0 Å². The zero-order valence-electron chi connectivity index (χ0n) is 6.69. The number of rotatable bonds is 2. The van der Waals surface area contributed by atoms with Crippen LogP contribution in [0.1, 0.15) is 12.5 Å². The second kappa shape index (κ2) is 3.20. The van der Waals surface area contributed by atoms with Gasteiger partial charge < -0.3 is 0 Å². The molecule has 1 aromatic heterocycles. The lowest BCUT2D eigenvalue weighted by atomic mass is 10.2. The Morgan fingerprint density at radius 1 is 1.58 bits per heavy atom. The molecule has 5 heteroatoms. The molecule has 1 heterocycles. The lowest BCUT2D eigenvalue weighted by Crippen LogP contribution is -2.13. The van der Waals surface area contributed by atoms with Crippen LogP contribution in [0.25, 0.3) is 0 Å². The van der Waals surface area contributed by atoms with Gasteiger partial charge in [0.1, 0.15) is 0 Å². The third-order valence-electron chi connectivity index (χ3n) is 1.50. The molecule has 0 aliphatic heterocycles. The minimum absolute atomic E-state index is 0.0677. The Labute approximate surface area is 71.5 Å². The van der Waals surface area contributed by atoms with E-state index in [1.54, 1.807) is 6.07 Å². The molecule has 66 valence electrons. The summed E-state index contributed by atoms with van der Waals surface area (Å²) in [7, 11) is -3.65. The van der Waals surface area contributed by atoms with Gasteiger partial charge in [0.05, 0.1) is 0 Å². The van der Waals surface area contributed by atoms with Crippen molar-refractivity contribution in [2.45, 2.75) is 18.4 Å². The van der Waals surface area contributed by atoms with E-state index in [0.717, 1.165) is 12.0 Å². The molecule has 2 N–H and O–H groups in total. The fraction of sp³-hybridized carbons (Fsp3) is 0.286. The Balaban J connectivity index is 3.20. The first-order valence-electron chi connectivity index (χ1n) is 3.51. The fourth-order valence-corrected chi connectivity index (χ4v) is 1.35. The van der Waals surface area contributed by atoms with Crippen LogP contribution in [0.3, 0.4) is 0 Å². The molecule has 0 aliphatic carbocycles. The van der Waals surface area contributed by atoms with Crippen LogP contribution in [-0.4, -0.2) is 13.4 Å². The minimum atomic E-state index is -3.65. The third-order valence-corrected chi connectivity index (χ3v) is 2.31. The van der Waals surface area contributed by atoms with Crippen LogP contribution >= 0.6 is 0 Å². The summed E-state index contributed by atoms with van der Waals surface area (Å²) in [5.41, 5.74) is 0.911. The summed E-state index contributed by atoms with van der Waals surface area (Å²) in [5.74, 6) is 0. The molecule has 0 amide bonds. The van der Waals surface area contributed by atoms with Crippen molar-refractivity contribution in [2.24, 2.45) is 5.14 Å². The van der Waals surface area contributed by atoms with E-state index in [4.69, 9.17) is 5.14 Å². The van der Waals surface area contributed by atoms with E-state index in [9.17, 15) is 8.42 Å². The predicted molar refractivity (Wildman–Crippen MR) is 45.0 cm³/mol. The van der Waals surface area contributed by atoms with E-state index in [-0.39, 0.29) is 5.03 Å². The SMILES string of the molecule is CCc1ccnc(S(N)(=O)=O)c1. The number of aryl methyl sites for hydroxylation is 1. The number of hydrogen-bond acceptors (Lipinski definition) is 3. The van der Waals surface area contributed by atoms with Gasteiger partial charge in [0.2, 0.25) is 0 Å². The zero-order chi connectivity index (χ0) is 9.19. The lowest BCUT2D eigenvalue weighted by Gasteiger charge is -1.98. The quantitative estimate of drug-likeness (QED) is 0.721. The summed E-state index contributed by atoms with van der Waals surface area (Å²) >= 11 is 0. The Kier molecular flexibility index (Phi) is 2.44. The molecule has 12 heavy (non-hydrogen) atoms. The normalized spacial score (nSPS) is 11.5. The lowest BCUT2D eigenvalue weighted by molar-refractivity contribution is 0.594. The minimum Gasteiger partial charge on any atom is -0.243 e. The molecule has 0 unspecified atom stereocenters. The van der Waals surface area contributed by atoms with Gasteiger partial charge in [-0.2, -0.15) is 0 Å².